The average Bonchev–Trinajstić information content (AvgIpc) is 2.52. The van der Waals surface area contributed by atoms with Gasteiger partial charge in [-0.1, -0.05) is 36.0 Å². The van der Waals surface area contributed by atoms with E-state index in [2.05, 4.69) is 9.97 Å². The molecule has 6 heteroatoms. The molecule has 0 aliphatic heterocycles. The van der Waals surface area contributed by atoms with Gasteiger partial charge in [-0.25, -0.2) is 9.97 Å². The maximum absolute atomic E-state index is 12.4. The van der Waals surface area contributed by atoms with Crippen LogP contribution in [-0.4, -0.2) is 20.8 Å². The maximum atomic E-state index is 12.4. The molecule has 0 spiro atoms. The summed E-state index contributed by atoms with van der Waals surface area (Å²) < 4.78 is 1.65. The molecule has 0 saturated carbocycles. The van der Waals surface area contributed by atoms with Crippen LogP contribution in [0.25, 0.3) is 11.0 Å². The molecule has 2 N–H and O–H groups in total. The summed E-state index contributed by atoms with van der Waals surface area (Å²) >= 11 is 1.44. The number of benzene rings is 1. The molecular formula is C16H16N4OS. The third kappa shape index (κ3) is 2.57. The molecule has 0 radical (unpaired) electrons. The summed E-state index contributed by atoms with van der Waals surface area (Å²) in [4.78, 5) is 21.1. The van der Waals surface area contributed by atoms with Crippen LogP contribution in [0.1, 0.15) is 11.1 Å². The van der Waals surface area contributed by atoms with Crippen LogP contribution >= 0.6 is 11.8 Å². The molecule has 5 nitrogen and oxygen atoms in total. The number of anilines is 1. The Morgan fingerprint density at radius 2 is 2.09 bits per heavy atom. The van der Waals surface area contributed by atoms with Crippen LogP contribution in [0.4, 0.5) is 5.69 Å². The second-order valence-electron chi connectivity index (χ2n) is 5.04. The number of hydrogen-bond donors (Lipinski definition) is 1. The first-order valence-corrected chi connectivity index (χ1v) is 8.07. The first-order valence-electron chi connectivity index (χ1n) is 6.84. The Balaban J connectivity index is 2.24. The van der Waals surface area contributed by atoms with Crippen molar-refractivity contribution >= 4 is 28.5 Å². The number of fused-ring (bicyclic) bond motifs is 1. The van der Waals surface area contributed by atoms with Gasteiger partial charge in [-0.05, 0) is 24.3 Å². The fourth-order valence-corrected chi connectivity index (χ4v) is 2.70. The van der Waals surface area contributed by atoms with Gasteiger partial charge < -0.3 is 5.73 Å². The molecule has 0 bridgehead atoms. The second kappa shape index (κ2) is 5.81. The van der Waals surface area contributed by atoms with Crippen LogP contribution in [0.2, 0.25) is 0 Å². The standard InChI is InChI=1S/C16H16N4OS/c1-10-5-3-4-6-11(10)9-20-14(21)7-13(17)12-8-18-16(22-2)19-15(12)20/h3-8H,9,17H2,1-2H3. The van der Waals surface area contributed by atoms with E-state index in [4.69, 9.17) is 5.73 Å². The minimum absolute atomic E-state index is 0.154. The number of aryl methyl sites for hydroxylation is 1. The minimum Gasteiger partial charge on any atom is -0.398 e. The fraction of sp³-hybridized carbons (Fsp3) is 0.188. The van der Waals surface area contributed by atoms with E-state index in [1.165, 1.54) is 17.8 Å². The third-order valence-corrected chi connectivity index (χ3v) is 4.19. The Morgan fingerprint density at radius 3 is 2.82 bits per heavy atom. The van der Waals surface area contributed by atoms with E-state index in [9.17, 15) is 4.79 Å². The number of nitrogen functional groups attached to an aromatic ring is 1. The van der Waals surface area contributed by atoms with Crippen molar-refractivity contribution < 1.29 is 0 Å². The predicted octanol–water partition coefficient (Wildman–Crippen LogP) is 2.45. The normalized spacial score (nSPS) is 11.0. The number of hydrogen-bond acceptors (Lipinski definition) is 5. The topological polar surface area (TPSA) is 73.8 Å². The summed E-state index contributed by atoms with van der Waals surface area (Å²) in [6, 6.07) is 9.43. The van der Waals surface area contributed by atoms with Crippen LogP contribution in [0.3, 0.4) is 0 Å². The van der Waals surface area contributed by atoms with Gasteiger partial charge >= 0.3 is 0 Å². The van der Waals surface area contributed by atoms with Gasteiger partial charge in [-0.2, -0.15) is 0 Å². The molecule has 0 aliphatic rings. The van der Waals surface area contributed by atoms with Gasteiger partial charge in [0.05, 0.1) is 11.9 Å². The molecule has 0 aliphatic carbocycles. The quantitative estimate of drug-likeness (QED) is 0.594. The van der Waals surface area contributed by atoms with Crippen LogP contribution in [0.15, 0.2) is 46.5 Å². The van der Waals surface area contributed by atoms with Gasteiger partial charge in [0.2, 0.25) is 0 Å². The van der Waals surface area contributed by atoms with Gasteiger partial charge in [-0.15, -0.1) is 0 Å². The predicted molar refractivity (Wildman–Crippen MR) is 90.3 cm³/mol. The lowest BCUT2D eigenvalue weighted by Gasteiger charge is -2.12. The summed E-state index contributed by atoms with van der Waals surface area (Å²) in [5.41, 5.74) is 9.00. The van der Waals surface area contributed by atoms with Crippen molar-refractivity contribution in [2.75, 3.05) is 12.0 Å². The Bertz CT molecular complexity index is 904. The van der Waals surface area contributed by atoms with E-state index < -0.39 is 0 Å². The summed E-state index contributed by atoms with van der Waals surface area (Å²) in [7, 11) is 0. The van der Waals surface area contributed by atoms with Crippen molar-refractivity contribution in [1.82, 2.24) is 14.5 Å². The third-order valence-electron chi connectivity index (χ3n) is 3.63. The summed E-state index contributed by atoms with van der Waals surface area (Å²) in [6.45, 7) is 2.50. The molecule has 2 heterocycles. The van der Waals surface area contributed by atoms with E-state index in [1.807, 2.05) is 37.4 Å². The minimum atomic E-state index is -0.154. The van der Waals surface area contributed by atoms with Gasteiger partial charge in [0.1, 0.15) is 5.65 Å². The highest BCUT2D eigenvalue weighted by Crippen LogP contribution is 2.20. The summed E-state index contributed by atoms with van der Waals surface area (Å²) in [5.74, 6) is 0. The van der Waals surface area contributed by atoms with Crippen LogP contribution in [0.5, 0.6) is 0 Å². The maximum Gasteiger partial charge on any atom is 0.254 e. The van der Waals surface area contributed by atoms with Crippen molar-refractivity contribution in [3.8, 4) is 0 Å². The molecule has 22 heavy (non-hydrogen) atoms. The molecule has 0 amide bonds. The lowest BCUT2D eigenvalue weighted by Crippen LogP contribution is -2.22. The first-order chi connectivity index (χ1) is 10.6. The highest BCUT2D eigenvalue weighted by Gasteiger charge is 2.11. The summed E-state index contributed by atoms with van der Waals surface area (Å²) in [5, 5.41) is 1.32. The molecule has 1 aromatic carbocycles. The van der Waals surface area contributed by atoms with Crippen molar-refractivity contribution in [1.29, 1.82) is 0 Å². The molecule has 3 rings (SSSR count). The number of thioether (sulfide) groups is 1. The lowest BCUT2D eigenvalue weighted by atomic mass is 10.1. The Kier molecular flexibility index (Phi) is 3.85. The van der Waals surface area contributed by atoms with Gasteiger partial charge in [-0.3, -0.25) is 9.36 Å². The highest BCUT2D eigenvalue weighted by molar-refractivity contribution is 7.98. The zero-order valence-electron chi connectivity index (χ0n) is 12.4. The molecule has 0 saturated heterocycles. The van der Waals surface area contributed by atoms with Crippen molar-refractivity contribution in [2.45, 2.75) is 18.6 Å². The van der Waals surface area contributed by atoms with Gasteiger partial charge in [0, 0.05) is 18.0 Å². The smallest absolute Gasteiger partial charge is 0.254 e. The molecule has 3 aromatic rings. The number of nitrogens with two attached hydrogens (primary N) is 1. The van der Waals surface area contributed by atoms with Crippen molar-refractivity contribution in [2.24, 2.45) is 0 Å². The lowest BCUT2D eigenvalue weighted by molar-refractivity contribution is 0.768. The Morgan fingerprint density at radius 1 is 1.32 bits per heavy atom. The van der Waals surface area contributed by atoms with E-state index in [1.54, 1.807) is 10.8 Å². The monoisotopic (exact) mass is 312 g/mol. The highest BCUT2D eigenvalue weighted by atomic mass is 32.2. The molecule has 0 atom stereocenters. The first kappa shape index (κ1) is 14.6. The van der Waals surface area contributed by atoms with E-state index in [0.717, 1.165) is 11.1 Å². The zero-order chi connectivity index (χ0) is 15.7. The van der Waals surface area contributed by atoms with Crippen LogP contribution in [-0.2, 0) is 6.54 Å². The molecule has 0 unspecified atom stereocenters. The van der Waals surface area contributed by atoms with E-state index in [-0.39, 0.29) is 5.56 Å². The number of pyridine rings is 1. The summed E-state index contributed by atoms with van der Waals surface area (Å²) in [6.07, 6.45) is 3.58. The SMILES string of the molecule is CSc1ncc2c(N)cc(=O)n(Cc3ccccc3C)c2n1. The molecular weight excluding hydrogens is 296 g/mol. The Labute approximate surface area is 132 Å². The number of aromatic nitrogens is 3. The van der Waals surface area contributed by atoms with Crippen molar-refractivity contribution in [3.05, 3.63) is 58.0 Å². The largest absolute Gasteiger partial charge is 0.398 e. The second-order valence-corrected chi connectivity index (χ2v) is 5.82. The number of nitrogens with zero attached hydrogens (tertiary/aromatic N) is 3. The molecule has 0 fully saturated rings. The average molecular weight is 312 g/mol. The van der Waals surface area contributed by atoms with Crippen molar-refractivity contribution in [3.63, 3.8) is 0 Å². The van der Waals surface area contributed by atoms with Gasteiger partial charge in [0.25, 0.3) is 5.56 Å². The fourth-order valence-electron chi connectivity index (χ4n) is 2.37. The van der Waals surface area contributed by atoms with Crippen LogP contribution < -0.4 is 11.3 Å². The van der Waals surface area contributed by atoms with E-state index >= 15 is 0 Å². The number of rotatable bonds is 3. The Hall–Kier alpha value is -2.34. The zero-order valence-corrected chi connectivity index (χ0v) is 13.2. The molecule has 2 aromatic heterocycles. The van der Waals surface area contributed by atoms with E-state index in [0.29, 0.717) is 28.4 Å². The van der Waals surface area contributed by atoms with Crippen LogP contribution in [0, 0.1) is 6.92 Å². The molecule has 112 valence electrons. The van der Waals surface area contributed by atoms with Gasteiger partial charge in [0.15, 0.2) is 5.16 Å².